The third kappa shape index (κ3) is 1.45. The van der Waals surface area contributed by atoms with Crippen molar-refractivity contribution in [3.8, 4) is 0 Å². The molecular formula is C10H7ClIN3O. The molecule has 0 saturated heterocycles. The zero-order valence-corrected chi connectivity index (χ0v) is 11.1. The van der Waals surface area contributed by atoms with Gasteiger partial charge in [0.25, 0.3) is 0 Å². The van der Waals surface area contributed by atoms with Crippen LogP contribution in [0.2, 0.25) is 5.15 Å². The Hall–Kier alpha value is -0.690. The topological polar surface area (TPSA) is 47.8 Å². The van der Waals surface area contributed by atoms with Crippen molar-refractivity contribution in [2.75, 3.05) is 0 Å². The summed E-state index contributed by atoms with van der Waals surface area (Å²) in [6.07, 6.45) is 2.82. The maximum atomic E-state index is 11.0. The quantitative estimate of drug-likeness (QED) is 0.588. The van der Waals surface area contributed by atoms with Gasteiger partial charge in [0, 0.05) is 19.0 Å². The summed E-state index contributed by atoms with van der Waals surface area (Å²) in [5.74, 6) is 0.295. The van der Waals surface area contributed by atoms with E-state index in [9.17, 15) is 4.79 Å². The van der Waals surface area contributed by atoms with Gasteiger partial charge in [-0.2, -0.15) is 5.10 Å². The van der Waals surface area contributed by atoms with Crippen molar-refractivity contribution in [2.45, 2.75) is 18.9 Å². The van der Waals surface area contributed by atoms with E-state index in [1.807, 2.05) is 10.7 Å². The van der Waals surface area contributed by atoms with Gasteiger partial charge in [0.05, 0.1) is 16.9 Å². The summed E-state index contributed by atoms with van der Waals surface area (Å²) in [6.45, 7) is 0. The maximum Gasteiger partial charge on any atom is 0.141 e. The van der Waals surface area contributed by atoms with Gasteiger partial charge in [0.2, 0.25) is 0 Å². The highest BCUT2D eigenvalue weighted by Crippen LogP contribution is 2.34. The first-order chi connectivity index (χ1) is 7.66. The Kier molecular flexibility index (Phi) is 2.39. The van der Waals surface area contributed by atoms with Crippen LogP contribution in [0.4, 0.5) is 0 Å². The minimum atomic E-state index is 0.192. The van der Waals surface area contributed by atoms with Crippen molar-refractivity contribution >= 4 is 50.9 Å². The molecule has 1 saturated carbocycles. The summed E-state index contributed by atoms with van der Waals surface area (Å²) >= 11 is 8.18. The predicted molar refractivity (Wildman–Crippen MR) is 68.5 cm³/mol. The van der Waals surface area contributed by atoms with E-state index < -0.39 is 0 Å². The summed E-state index contributed by atoms with van der Waals surface area (Å²) < 4.78 is 2.73. The number of carbonyl (C=O) groups is 1. The average molecular weight is 348 g/mol. The molecule has 0 bridgehead atoms. The van der Waals surface area contributed by atoms with Crippen LogP contribution >= 0.6 is 34.2 Å². The van der Waals surface area contributed by atoms with E-state index in [-0.39, 0.29) is 6.04 Å². The van der Waals surface area contributed by atoms with Crippen molar-refractivity contribution in [3.63, 3.8) is 0 Å². The van der Waals surface area contributed by atoms with Gasteiger partial charge in [-0.1, -0.05) is 11.6 Å². The molecule has 1 fully saturated rings. The normalized spacial score (nSPS) is 16.8. The van der Waals surface area contributed by atoms with Crippen LogP contribution in [0.15, 0.2) is 12.3 Å². The Bertz CT molecular complexity index is 587. The molecule has 3 rings (SSSR count). The number of hydrogen-bond acceptors (Lipinski definition) is 3. The lowest BCUT2D eigenvalue weighted by Gasteiger charge is -2.24. The Morgan fingerprint density at radius 3 is 2.94 bits per heavy atom. The Morgan fingerprint density at radius 2 is 2.25 bits per heavy atom. The van der Waals surface area contributed by atoms with Gasteiger partial charge in [-0.25, -0.2) is 4.98 Å². The number of halogens is 2. The number of aromatic nitrogens is 3. The fraction of sp³-hybridized carbons (Fsp3) is 0.300. The molecule has 1 aliphatic rings. The van der Waals surface area contributed by atoms with Crippen molar-refractivity contribution < 1.29 is 4.79 Å². The van der Waals surface area contributed by atoms with Gasteiger partial charge in [-0.15, -0.1) is 0 Å². The molecule has 6 heteroatoms. The van der Waals surface area contributed by atoms with Crippen LogP contribution in [0.25, 0.3) is 10.9 Å². The molecule has 82 valence electrons. The molecule has 0 amide bonds. The fourth-order valence-electron chi connectivity index (χ4n) is 1.92. The second-order valence-corrected chi connectivity index (χ2v) is 5.21. The number of nitrogens with zero attached hydrogens (tertiary/aromatic N) is 3. The first-order valence-corrected chi connectivity index (χ1v) is 6.32. The minimum Gasteiger partial charge on any atom is -0.300 e. The lowest BCUT2D eigenvalue weighted by molar-refractivity contribution is -0.126. The third-order valence-electron chi connectivity index (χ3n) is 2.80. The Labute approximate surface area is 110 Å². The highest BCUT2D eigenvalue weighted by atomic mass is 127. The Morgan fingerprint density at radius 1 is 1.50 bits per heavy atom. The molecule has 4 nitrogen and oxygen atoms in total. The van der Waals surface area contributed by atoms with Gasteiger partial charge in [0.1, 0.15) is 14.6 Å². The van der Waals surface area contributed by atoms with Crippen LogP contribution in [0.1, 0.15) is 18.9 Å². The van der Waals surface area contributed by atoms with Crippen molar-refractivity contribution in [1.29, 1.82) is 0 Å². The first-order valence-electron chi connectivity index (χ1n) is 4.86. The van der Waals surface area contributed by atoms with E-state index >= 15 is 0 Å². The van der Waals surface area contributed by atoms with Gasteiger partial charge < -0.3 is 0 Å². The highest BCUT2D eigenvalue weighted by molar-refractivity contribution is 14.1. The number of hydrogen-bond donors (Lipinski definition) is 0. The molecule has 0 aromatic carbocycles. The van der Waals surface area contributed by atoms with Crippen LogP contribution in [0, 0.1) is 3.70 Å². The summed E-state index contributed by atoms with van der Waals surface area (Å²) in [5, 5.41) is 5.78. The average Bonchev–Trinajstić information content (AvgIpc) is 2.53. The first kappa shape index (κ1) is 10.5. The monoisotopic (exact) mass is 347 g/mol. The zero-order valence-electron chi connectivity index (χ0n) is 8.15. The van der Waals surface area contributed by atoms with Crippen molar-refractivity contribution in [3.05, 3.63) is 21.1 Å². The van der Waals surface area contributed by atoms with Gasteiger partial charge >= 0.3 is 0 Å². The van der Waals surface area contributed by atoms with Crippen LogP contribution in [0.5, 0.6) is 0 Å². The van der Waals surface area contributed by atoms with Crippen molar-refractivity contribution in [2.24, 2.45) is 0 Å². The lowest BCUT2D eigenvalue weighted by Crippen LogP contribution is -2.27. The van der Waals surface area contributed by atoms with E-state index in [1.54, 1.807) is 6.20 Å². The molecule has 0 spiro atoms. The van der Waals surface area contributed by atoms with Crippen LogP contribution in [-0.2, 0) is 4.79 Å². The summed E-state index contributed by atoms with van der Waals surface area (Å²) in [4.78, 5) is 15.1. The molecule has 2 heterocycles. The van der Waals surface area contributed by atoms with Gasteiger partial charge in [0.15, 0.2) is 0 Å². The summed E-state index contributed by atoms with van der Waals surface area (Å²) in [5.41, 5.74) is 0.960. The molecule has 0 aliphatic heterocycles. The number of carbonyl (C=O) groups excluding carboxylic acids is 1. The third-order valence-corrected chi connectivity index (χ3v) is 3.85. The minimum absolute atomic E-state index is 0.192. The predicted octanol–water partition coefficient (Wildman–Crippen LogP) is 2.59. The van der Waals surface area contributed by atoms with Crippen LogP contribution in [-0.4, -0.2) is 20.5 Å². The SMILES string of the molecule is O=C1CC(n2nc(I)c3c(Cl)nccc32)C1. The molecule has 0 unspecified atom stereocenters. The number of fused-ring (bicyclic) bond motifs is 1. The molecule has 2 aromatic rings. The fourth-order valence-corrected chi connectivity index (χ4v) is 3.09. The second-order valence-electron chi connectivity index (χ2n) is 3.83. The summed E-state index contributed by atoms with van der Waals surface area (Å²) in [6, 6.07) is 2.08. The number of Topliss-reactive ketones (excluding diaryl/α,β-unsaturated/α-hetero) is 1. The van der Waals surface area contributed by atoms with E-state index in [0.29, 0.717) is 23.8 Å². The molecule has 0 atom stereocenters. The van der Waals surface area contributed by atoms with Crippen LogP contribution in [0.3, 0.4) is 0 Å². The molecule has 1 aliphatic carbocycles. The van der Waals surface area contributed by atoms with E-state index in [1.165, 1.54) is 0 Å². The molecule has 2 aromatic heterocycles. The number of ketones is 1. The van der Waals surface area contributed by atoms with Gasteiger partial charge in [-0.3, -0.25) is 9.48 Å². The number of pyridine rings is 1. The molecule has 0 radical (unpaired) electrons. The standard InChI is InChI=1S/C10H7ClIN3O/c11-9-8-7(1-2-13-9)15(14-10(8)12)5-3-6(16)4-5/h1-2,5H,3-4H2. The van der Waals surface area contributed by atoms with Crippen LogP contribution < -0.4 is 0 Å². The highest BCUT2D eigenvalue weighted by Gasteiger charge is 2.30. The second kappa shape index (κ2) is 3.66. The van der Waals surface area contributed by atoms with E-state index in [4.69, 9.17) is 11.6 Å². The largest absolute Gasteiger partial charge is 0.300 e. The Balaban J connectivity index is 2.19. The number of rotatable bonds is 1. The maximum absolute atomic E-state index is 11.0. The molecular weight excluding hydrogens is 340 g/mol. The van der Waals surface area contributed by atoms with Crippen molar-refractivity contribution in [1.82, 2.24) is 14.8 Å². The smallest absolute Gasteiger partial charge is 0.141 e. The molecule has 16 heavy (non-hydrogen) atoms. The van der Waals surface area contributed by atoms with Gasteiger partial charge in [-0.05, 0) is 28.7 Å². The zero-order chi connectivity index (χ0) is 11.3. The molecule has 0 N–H and O–H groups in total. The summed E-state index contributed by atoms with van der Waals surface area (Å²) in [7, 11) is 0. The van der Waals surface area contributed by atoms with E-state index in [0.717, 1.165) is 14.6 Å². The lowest BCUT2D eigenvalue weighted by atomic mass is 9.91. The van der Waals surface area contributed by atoms with E-state index in [2.05, 4.69) is 32.7 Å².